The Labute approximate surface area is 247 Å². The van der Waals surface area contributed by atoms with Crippen molar-refractivity contribution in [2.45, 2.75) is 59.1 Å². The first-order chi connectivity index (χ1) is 20.1. The maximum absolute atomic E-state index is 15.4. The van der Waals surface area contributed by atoms with Crippen LogP contribution in [0.5, 0.6) is 0 Å². The van der Waals surface area contributed by atoms with Crippen LogP contribution in [-0.2, 0) is 24.8 Å². The molecule has 0 spiro atoms. The maximum Gasteiger partial charge on any atom is 0.410 e. The van der Waals surface area contributed by atoms with Crippen molar-refractivity contribution in [2.75, 3.05) is 37.3 Å². The van der Waals surface area contributed by atoms with E-state index < -0.39 is 48.2 Å². The first-order valence-corrected chi connectivity index (χ1v) is 15.9. The van der Waals surface area contributed by atoms with Crippen LogP contribution in [0, 0.1) is 12.7 Å². The molecule has 4 rings (SSSR count). The van der Waals surface area contributed by atoms with E-state index in [0.29, 0.717) is 22.2 Å². The number of hydrogen-bond donors (Lipinski definition) is 1. The smallest absolute Gasteiger partial charge is 0.410 e. The molecule has 3 heterocycles. The summed E-state index contributed by atoms with van der Waals surface area (Å²) in [6.45, 7) is 10.1. The predicted octanol–water partition coefficient (Wildman–Crippen LogP) is 5.54. The Kier molecular flexibility index (Phi) is 9.06. The van der Waals surface area contributed by atoms with E-state index in [1.807, 2.05) is 0 Å². The third-order valence-corrected chi connectivity index (χ3v) is 9.85. The van der Waals surface area contributed by atoms with Crippen LogP contribution < -0.4 is 10.8 Å². The van der Waals surface area contributed by atoms with Gasteiger partial charge >= 0.3 is 18.0 Å². The zero-order valence-corrected chi connectivity index (χ0v) is 25.8. The molecule has 1 N–H and O–H groups in total. The summed E-state index contributed by atoms with van der Waals surface area (Å²) in [7, 11) is -3.00. The van der Waals surface area contributed by atoms with Crippen LogP contribution in [0.2, 0.25) is 0 Å². The molecule has 10 nitrogen and oxygen atoms in total. The summed E-state index contributed by atoms with van der Waals surface area (Å²) in [4.78, 5) is 39.1. The first-order valence-electron chi connectivity index (χ1n) is 13.9. The van der Waals surface area contributed by atoms with Crippen molar-refractivity contribution in [1.29, 1.82) is 0 Å². The van der Waals surface area contributed by atoms with E-state index in [1.54, 1.807) is 40.7 Å². The molecule has 1 aliphatic rings. The van der Waals surface area contributed by atoms with Crippen molar-refractivity contribution in [1.82, 2.24) is 19.9 Å². The summed E-state index contributed by atoms with van der Waals surface area (Å²) >= 11 is 0. The van der Waals surface area contributed by atoms with E-state index in [9.17, 15) is 22.9 Å². The van der Waals surface area contributed by atoms with Crippen LogP contribution in [0.15, 0.2) is 30.5 Å². The molecule has 2 aromatic heterocycles. The van der Waals surface area contributed by atoms with Crippen LogP contribution in [0.4, 0.5) is 23.8 Å². The average Bonchev–Trinajstić information content (AvgIpc) is 2.92. The molecule has 0 bridgehead atoms. The molecule has 0 saturated carbocycles. The third-order valence-electron chi connectivity index (χ3n) is 6.93. The Balaban J connectivity index is 1.62. The first kappa shape index (κ1) is 32.2. The number of halogens is 3. The fraction of sp³-hybridized carbons (Fsp3) is 0.483. The van der Waals surface area contributed by atoms with E-state index in [4.69, 9.17) is 4.74 Å². The predicted molar refractivity (Wildman–Crippen MR) is 156 cm³/mol. The van der Waals surface area contributed by atoms with E-state index >= 15 is 4.39 Å². The van der Waals surface area contributed by atoms with Crippen LogP contribution in [0.1, 0.15) is 57.6 Å². The minimum atomic E-state index is -4.18. The minimum absolute atomic E-state index is 0.123. The van der Waals surface area contributed by atoms with Crippen molar-refractivity contribution in [2.24, 2.45) is 0 Å². The van der Waals surface area contributed by atoms with E-state index in [1.165, 1.54) is 30.2 Å². The lowest BCUT2D eigenvalue weighted by Gasteiger charge is -2.33. The van der Waals surface area contributed by atoms with Gasteiger partial charge in [0.2, 0.25) is 0 Å². The van der Waals surface area contributed by atoms with E-state index in [-0.39, 0.29) is 43.4 Å². The number of aryl methyl sites for hydroxylation is 1. The highest BCUT2D eigenvalue weighted by atomic mass is 31.2. The number of carbonyl (C=O) groups is 2. The van der Waals surface area contributed by atoms with Gasteiger partial charge < -0.3 is 24.3 Å². The van der Waals surface area contributed by atoms with Gasteiger partial charge in [0.05, 0.1) is 29.9 Å². The molecule has 0 radical (unpaired) electrons. The van der Waals surface area contributed by atoms with Gasteiger partial charge in [0, 0.05) is 36.4 Å². The highest BCUT2D eigenvalue weighted by Gasteiger charge is 2.45. The monoisotopic (exact) mass is 621 g/mol. The second-order valence-corrected chi connectivity index (χ2v) is 14.5. The van der Waals surface area contributed by atoms with Crippen LogP contribution >= 0.6 is 7.14 Å². The average molecular weight is 622 g/mol. The number of anilines is 1. The molecule has 1 aromatic carbocycles. The number of carbonyl (C=O) groups excluding carboxylic acids is 2. The van der Waals surface area contributed by atoms with Gasteiger partial charge in [0.25, 0.3) is 0 Å². The highest BCUT2D eigenvalue weighted by Crippen LogP contribution is 2.46. The van der Waals surface area contributed by atoms with Crippen molar-refractivity contribution < 1.29 is 36.8 Å². The quantitative estimate of drug-likeness (QED) is 0.268. The van der Waals surface area contributed by atoms with Crippen molar-refractivity contribution in [3.63, 3.8) is 0 Å². The Morgan fingerprint density at radius 1 is 1.16 bits per heavy atom. The SMILES string of the molecule is CCOC(=O)C(F)(F)c1cccc([C@@H](C)Nc2nc(C)nc3cnc(P4(=O)CCN(C(=O)OC(C)(C)C)CC4)cc23)c1F. The molecule has 1 fully saturated rings. The maximum atomic E-state index is 15.4. The summed E-state index contributed by atoms with van der Waals surface area (Å²) in [6, 6.07) is 4.16. The van der Waals surface area contributed by atoms with Gasteiger partial charge in [-0.2, -0.15) is 8.78 Å². The molecule has 3 aromatic rings. The third kappa shape index (κ3) is 6.92. The molecule has 43 heavy (non-hydrogen) atoms. The van der Waals surface area contributed by atoms with Crippen LogP contribution in [0.25, 0.3) is 10.9 Å². The van der Waals surface area contributed by atoms with Gasteiger partial charge in [0.1, 0.15) is 35.6 Å². The fourth-order valence-corrected chi connectivity index (χ4v) is 7.18. The lowest BCUT2D eigenvalue weighted by atomic mass is 10.00. The van der Waals surface area contributed by atoms with Crippen molar-refractivity contribution in [3.8, 4) is 0 Å². The number of esters is 1. The van der Waals surface area contributed by atoms with Crippen LogP contribution in [-0.4, -0.2) is 69.5 Å². The number of benzene rings is 1. The number of alkyl halides is 2. The van der Waals surface area contributed by atoms with E-state index in [2.05, 4.69) is 25.0 Å². The zero-order chi connectivity index (χ0) is 31.7. The number of hydrogen-bond acceptors (Lipinski definition) is 9. The number of ether oxygens (including phenoxy) is 2. The normalized spacial score (nSPS) is 16.1. The molecule has 1 amide bonds. The van der Waals surface area contributed by atoms with Gasteiger partial charge in [-0.3, -0.25) is 4.98 Å². The second-order valence-electron chi connectivity index (χ2n) is 11.4. The lowest BCUT2D eigenvalue weighted by molar-refractivity contribution is -0.173. The molecular weight excluding hydrogens is 586 g/mol. The molecule has 232 valence electrons. The number of nitrogens with one attached hydrogen (secondary N) is 1. The van der Waals surface area contributed by atoms with Crippen LogP contribution in [0.3, 0.4) is 0 Å². The van der Waals surface area contributed by atoms with Gasteiger partial charge in [-0.05, 0) is 53.7 Å². The number of nitrogens with zero attached hydrogens (tertiary/aromatic N) is 4. The zero-order valence-electron chi connectivity index (χ0n) is 24.9. The molecular formula is C29H35F3N5O5P. The number of aromatic nitrogens is 3. The number of pyridine rings is 1. The summed E-state index contributed by atoms with van der Waals surface area (Å²) in [5.41, 5.74) is -1.09. The van der Waals surface area contributed by atoms with Gasteiger partial charge in [-0.1, -0.05) is 12.1 Å². The Morgan fingerprint density at radius 2 is 1.84 bits per heavy atom. The molecule has 1 saturated heterocycles. The Bertz CT molecular complexity index is 1580. The molecule has 0 unspecified atom stereocenters. The fourth-order valence-electron chi connectivity index (χ4n) is 4.74. The Hall–Kier alpha value is -3.73. The van der Waals surface area contributed by atoms with Crippen molar-refractivity contribution >= 4 is 41.4 Å². The molecule has 14 heteroatoms. The lowest BCUT2D eigenvalue weighted by Crippen LogP contribution is -2.43. The molecule has 0 aliphatic carbocycles. The molecule has 1 atom stereocenters. The van der Waals surface area contributed by atoms with Gasteiger partial charge in [0.15, 0.2) is 0 Å². The van der Waals surface area contributed by atoms with E-state index in [0.717, 1.165) is 6.07 Å². The number of fused-ring (bicyclic) bond motifs is 1. The number of amides is 1. The van der Waals surface area contributed by atoms with Gasteiger partial charge in [-0.25, -0.2) is 23.9 Å². The Morgan fingerprint density at radius 3 is 2.47 bits per heavy atom. The summed E-state index contributed by atoms with van der Waals surface area (Å²) in [6.07, 6.45) is 1.44. The van der Waals surface area contributed by atoms with Gasteiger partial charge in [-0.15, -0.1) is 0 Å². The second kappa shape index (κ2) is 12.1. The molecule has 1 aliphatic heterocycles. The minimum Gasteiger partial charge on any atom is -0.461 e. The summed E-state index contributed by atoms with van der Waals surface area (Å²) in [5.74, 6) is -6.63. The van der Waals surface area contributed by atoms with Crippen molar-refractivity contribution in [3.05, 3.63) is 53.2 Å². The summed E-state index contributed by atoms with van der Waals surface area (Å²) < 4.78 is 68.7. The standard InChI is InChI=1S/C29H35F3N5O5P/c1-7-41-26(38)29(31,32)21-10-8-9-19(24(21)30)17(2)34-25-20-15-23(33-16-22(20)35-18(3)36-25)43(40)13-11-37(12-14-43)27(39)42-28(4,5)6/h8-10,15-17H,7,11-14H2,1-6H3,(H,34,35,36)/t17-/m1/s1. The topological polar surface area (TPSA) is 124 Å². The highest BCUT2D eigenvalue weighted by molar-refractivity contribution is 7.71. The number of rotatable bonds is 7. The summed E-state index contributed by atoms with van der Waals surface area (Å²) in [5, 5.41) is 3.52. The largest absolute Gasteiger partial charge is 0.461 e.